The van der Waals surface area contributed by atoms with E-state index in [2.05, 4.69) is 15.6 Å². The largest absolute Gasteiger partial charge is 0.325 e. The van der Waals surface area contributed by atoms with Crippen LogP contribution in [0.15, 0.2) is 47.8 Å². The number of carbonyl (C=O) groups excluding carboxylic acids is 2. The maximum atomic E-state index is 12.9. The second kappa shape index (κ2) is 10.1. The zero-order valence-corrected chi connectivity index (χ0v) is 17.9. The van der Waals surface area contributed by atoms with Gasteiger partial charge < -0.3 is 5.32 Å². The van der Waals surface area contributed by atoms with E-state index >= 15 is 0 Å². The van der Waals surface area contributed by atoms with Gasteiger partial charge in [0.05, 0.1) is 16.4 Å². The van der Waals surface area contributed by atoms with Gasteiger partial charge in [0.15, 0.2) is 5.13 Å². The van der Waals surface area contributed by atoms with E-state index < -0.39 is 10.8 Å². The van der Waals surface area contributed by atoms with Crippen LogP contribution in [0.25, 0.3) is 0 Å². The van der Waals surface area contributed by atoms with Gasteiger partial charge in [0, 0.05) is 34.0 Å². The van der Waals surface area contributed by atoms with Crippen LogP contribution in [0.5, 0.6) is 0 Å². The minimum Gasteiger partial charge on any atom is -0.325 e. The van der Waals surface area contributed by atoms with Crippen LogP contribution >= 0.6 is 23.1 Å². The maximum absolute atomic E-state index is 12.9. The van der Waals surface area contributed by atoms with Gasteiger partial charge in [-0.25, -0.2) is 9.37 Å². The van der Waals surface area contributed by atoms with Crippen LogP contribution in [0.4, 0.5) is 20.9 Å². The summed E-state index contributed by atoms with van der Waals surface area (Å²) in [6.07, 6.45) is 0. The second-order valence-electron chi connectivity index (χ2n) is 6.40. The fourth-order valence-corrected chi connectivity index (χ4v) is 4.05. The number of halogens is 1. The smallest absolute Gasteiger partial charge is 0.273 e. The number of hydrogen-bond donors (Lipinski definition) is 2. The third kappa shape index (κ3) is 6.33. The zero-order chi connectivity index (χ0) is 22.4. The molecule has 0 fully saturated rings. The summed E-state index contributed by atoms with van der Waals surface area (Å²) < 4.78 is 12.9. The minimum absolute atomic E-state index is 0.122. The number of rotatable bonds is 8. The van der Waals surface area contributed by atoms with Gasteiger partial charge in [-0.3, -0.25) is 25.0 Å². The molecule has 8 nitrogen and oxygen atoms in total. The molecular formula is C20H17FN4O4S2. The Morgan fingerprint density at radius 1 is 1.19 bits per heavy atom. The van der Waals surface area contributed by atoms with E-state index in [9.17, 15) is 24.1 Å². The molecule has 0 saturated heterocycles. The molecule has 0 saturated carbocycles. The summed E-state index contributed by atoms with van der Waals surface area (Å²) in [5.74, 6) is -0.445. The number of nitrogens with zero attached hydrogens (tertiary/aromatic N) is 2. The fraction of sp³-hybridized carbons (Fsp3) is 0.150. The predicted molar refractivity (Wildman–Crippen MR) is 119 cm³/mol. The highest BCUT2D eigenvalue weighted by Crippen LogP contribution is 2.23. The summed E-state index contributed by atoms with van der Waals surface area (Å²) in [6, 6.07) is 9.77. The number of thiazole rings is 1. The molecule has 0 bridgehead atoms. The zero-order valence-electron chi connectivity index (χ0n) is 16.3. The van der Waals surface area contributed by atoms with Gasteiger partial charge in [-0.1, -0.05) is 6.07 Å². The van der Waals surface area contributed by atoms with Crippen molar-refractivity contribution in [3.63, 3.8) is 0 Å². The molecule has 0 aliphatic heterocycles. The van der Waals surface area contributed by atoms with Crippen molar-refractivity contribution in [3.05, 3.63) is 80.6 Å². The molecule has 0 atom stereocenters. The lowest BCUT2D eigenvalue weighted by molar-refractivity contribution is -0.385. The van der Waals surface area contributed by atoms with Crippen molar-refractivity contribution in [2.45, 2.75) is 12.7 Å². The van der Waals surface area contributed by atoms with E-state index in [0.717, 1.165) is 0 Å². The van der Waals surface area contributed by atoms with Crippen LogP contribution in [0.1, 0.15) is 21.6 Å². The lowest BCUT2D eigenvalue weighted by Crippen LogP contribution is -2.14. The third-order valence-electron chi connectivity index (χ3n) is 4.05. The molecule has 0 unspecified atom stereocenters. The van der Waals surface area contributed by atoms with Gasteiger partial charge in [0.1, 0.15) is 5.82 Å². The Balaban J connectivity index is 1.49. The Morgan fingerprint density at radius 3 is 2.65 bits per heavy atom. The van der Waals surface area contributed by atoms with E-state index in [-0.39, 0.29) is 28.7 Å². The highest BCUT2D eigenvalue weighted by Gasteiger charge is 2.16. The molecule has 1 aromatic heterocycles. The first-order valence-electron chi connectivity index (χ1n) is 8.96. The van der Waals surface area contributed by atoms with Gasteiger partial charge in [0.25, 0.3) is 11.6 Å². The maximum Gasteiger partial charge on any atom is 0.273 e. The van der Waals surface area contributed by atoms with Gasteiger partial charge in [-0.15, -0.1) is 23.1 Å². The topological polar surface area (TPSA) is 114 Å². The molecule has 0 aliphatic rings. The molecule has 160 valence electrons. The molecule has 0 aliphatic carbocycles. The third-order valence-corrected chi connectivity index (χ3v) is 5.82. The molecule has 0 spiro atoms. The van der Waals surface area contributed by atoms with Crippen LogP contribution in [0.2, 0.25) is 0 Å². The summed E-state index contributed by atoms with van der Waals surface area (Å²) in [6.45, 7) is 1.60. The monoisotopic (exact) mass is 460 g/mol. The van der Waals surface area contributed by atoms with E-state index in [1.165, 1.54) is 65.6 Å². The quantitative estimate of drug-likeness (QED) is 0.374. The van der Waals surface area contributed by atoms with Crippen LogP contribution in [-0.2, 0) is 10.5 Å². The molecule has 2 amide bonds. The number of nitrogens with one attached hydrogen (secondary N) is 2. The molecule has 2 N–H and O–H groups in total. The van der Waals surface area contributed by atoms with Gasteiger partial charge in [-0.05, 0) is 37.3 Å². The van der Waals surface area contributed by atoms with Crippen molar-refractivity contribution in [2.75, 3.05) is 16.4 Å². The summed E-state index contributed by atoms with van der Waals surface area (Å²) in [5, 5.41) is 18.5. The minimum atomic E-state index is -0.531. The number of carbonyl (C=O) groups is 2. The number of aromatic nitrogens is 1. The lowest BCUT2D eigenvalue weighted by atomic mass is 10.1. The number of aryl methyl sites for hydroxylation is 1. The number of nitro groups is 1. The fourth-order valence-electron chi connectivity index (χ4n) is 2.53. The number of nitro benzene ring substituents is 1. The SMILES string of the molecule is Cc1ccc(C(=O)Nc2nc(CSCC(=O)Nc3ccc(F)cc3)cs2)cc1[N+](=O)[O-]. The van der Waals surface area contributed by atoms with E-state index in [1.54, 1.807) is 12.3 Å². The van der Waals surface area contributed by atoms with Crippen LogP contribution in [0.3, 0.4) is 0 Å². The van der Waals surface area contributed by atoms with E-state index in [1.807, 2.05) is 0 Å². The number of anilines is 2. The van der Waals surface area contributed by atoms with Crippen molar-refractivity contribution in [2.24, 2.45) is 0 Å². The van der Waals surface area contributed by atoms with Crippen molar-refractivity contribution < 1.29 is 18.9 Å². The summed E-state index contributed by atoms with van der Waals surface area (Å²) in [7, 11) is 0. The Kier molecular flexibility index (Phi) is 7.32. The summed E-state index contributed by atoms with van der Waals surface area (Å²) >= 11 is 2.57. The Morgan fingerprint density at radius 2 is 1.94 bits per heavy atom. The van der Waals surface area contributed by atoms with E-state index in [4.69, 9.17) is 0 Å². The molecule has 2 aromatic carbocycles. The average Bonchev–Trinajstić information content (AvgIpc) is 3.17. The molecular weight excluding hydrogens is 443 g/mol. The highest BCUT2D eigenvalue weighted by atomic mass is 32.2. The first-order chi connectivity index (χ1) is 14.8. The second-order valence-corrected chi connectivity index (χ2v) is 8.25. The van der Waals surface area contributed by atoms with Crippen LogP contribution in [-0.4, -0.2) is 27.5 Å². The number of benzene rings is 2. The molecule has 11 heteroatoms. The lowest BCUT2D eigenvalue weighted by Gasteiger charge is -2.04. The van der Waals surface area contributed by atoms with Crippen molar-refractivity contribution in [1.29, 1.82) is 0 Å². The Bertz CT molecular complexity index is 1120. The number of thioether (sulfide) groups is 1. The molecule has 0 radical (unpaired) electrons. The molecule has 3 aromatic rings. The van der Waals surface area contributed by atoms with Crippen molar-refractivity contribution in [3.8, 4) is 0 Å². The summed E-state index contributed by atoms with van der Waals surface area (Å²) in [4.78, 5) is 39.1. The van der Waals surface area contributed by atoms with Crippen molar-refractivity contribution >= 4 is 51.4 Å². The first kappa shape index (κ1) is 22.4. The Labute approximate surface area is 185 Å². The number of hydrogen-bond acceptors (Lipinski definition) is 7. The Hall–Kier alpha value is -3.31. The standard InChI is InChI=1S/C20H17FN4O4S2/c1-12-2-3-13(8-17(12)25(28)29)19(27)24-20-23-16(10-31-20)9-30-11-18(26)22-15-6-4-14(21)5-7-15/h2-8,10H,9,11H2,1H3,(H,22,26)(H,23,24,27). The first-order valence-corrected chi connectivity index (χ1v) is 11.0. The van der Waals surface area contributed by atoms with Crippen LogP contribution in [0, 0.1) is 22.9 Å². The van der Waals surface area contributed by atoms with Gasteiger partial charge in [-0.2, -0.15) is 0 Å². The highest BCUT2D eigenvalue weighted by molar-refractivity contribution is 7.99. The predicted octanol–water partition coefficient (Wildman–Crippen LogP) is 4.62. The van der Waals surface area contributed by atoms with Gasteiger partial charge >= 0.3 is 0 Å². The summed E-state index contributed by atoms with van der Waals surface area (Å²) in [5.41, 5.74) is 1.72. The van der Waals surface area contributed by atoms with Crippen molar-refractivity contribution in [1.82, 2.24) is 4.98 Å². The normalized spacial score (nSPS) is 10.5. The van der Waals surface area contributed by atoms with Gasteiger partial charge in [0.2, 0.25) is 5.91 Å². The molecule has 31 heavy (non-hydrogen) atoms. The molecule has 1 heterocycles. The number of amides is 2. The van der Waals surface area contributed by atoms with E-state index in [0.29, 0.717) is 27.8 Å². The molecule has 3 rings (SSSR count). The average molecular weight is 461 g/mol. The van der Waals surface area contributed by atoms with Crippen LogP contribution < -0.4 is 10.6 Å².